The van der Waals surface area contributed by atoms with E-state index < -0.39 is 0 Å². The van der Waals surface area contributed by atoms with Gasteiger partial charge in [0.2, 0.25) is 0 Å². The minimum absolute atomic E-state index is 0. The van der Waals surface area contributed by atoms with Crippen LogP contribution in [-0.2, 0) is 0 Å². The fourth-order valence-corrected chi connectivity index (χ4v) is 7.06. The molecule has 0 aliphatic carbocycles. The molecule has 5 nitrogen and oxygen atoms in total. The molecule has 10 rings (SSSR count). The monoisotopic (exact) mass is 592 g/mol. The molecule has 0 amide bonds. The Morgan fingerprint density at radius 2 is 1.00 bits per heavy atom. The van der Waals surface area contributed by atoms with Crippen molar-refractivity contribution in [1.29, 1.82) is 0 Å². The van der Waals surface area contributed by atoms with Crippen LogP contribution in [0, 0.1) is 0 Å². The average molecular weight is 593 g/mol. The Hall–Kier alpha value is -6.20. The normalized spacial score (nSPS) is 11.7. The van der Waals surface area contributed by atoms with Gasteiger partial charge in [0.25, 0.3) is 0 Å². The number of aromatic nitrogens is 4. The van der Waals surface area contributed by atoms with Gasteiger partial charge in [-0.3, -0.25) is 4.57 Å². The summed E-state index contributed by atoms with van der Waals surface area (Å²) in [7, 11) is 0. The van der Waals surface area contributed by atoms with Gasteiger partial charge in [-0.1, -0.05) is 86.3 Å². The maximum atomic E-state index is 6.36. The summed E-state index contributed by atoms with van der Waals surface area (Å²) in [6, 6.07) is 49.3. The number of hydrogen-bond acceptors (Lipinski definition) is 3. The molecule has 0 unspecified atom stereocenters. The molecule has 0 aliphatic heterocycles. The molecule has 0 bridgehead atoms. The molecule has 10 aromatic rings. The summed E-state index contributed by atoms with van der Waals surface area (Å²) >= 11 is 0. The molecular formula is C41H28N4O. The van der Waals surface area contributed by atoms with Gasteiger partial charge in [-0.05, 0) is 71.8 Å². The van der Waals surface area contributed by atoms with Gasteiger partial charge in [0.05, 0.1) is 22.1 Å². The summed E-state index contributed by atoms with van der Waals surface area (Å²) < 4.78 is 10.9. The van der Waals surface area contributed by atoms with Crippen molar-refractivity contribution in [2.75, 3.05) is 0 Å². The number of fused-ring (bicyclic) bond motifs is 9. The Kier molecular flexibility index (Phi) is 5.65. The molecule has 0 saturated carbocycles. The molecule has 0 spiro atoms. The van der Waals surface area contributed by atoms with E-state index in [0.29, 0.717) is 5.58 Å². The van der Waals surface area contributed by atoms with Crippen molar-refractivity contribution in [1.82, 2.24) is 19.1 Å². The summed E-state index contributed by atoms with van der Waals surface area (Å²) in [6.45, 7) is 0. The van der Waals surface area contributed by atoms with E-state index >= 15 is 0 Å². The van der Waals surface area contributed by atoms with Crippen LogP contribution in [-0.4, -0.2) is 19.1 Å². The minimum Gasteiger partial charge on any atom is -0.450 e. The summed E-state index contributed by atoms with van der Waals surface area (Å²) in [5.41, 5.74) is 10.4. The molecule has 0 aliphatic rings. The van der Waals surface area contributed by atoms with Gasteiger partial charge in [0.1, 0.15) is 17.4 Å². The largest absolute Gasteiger partial charge is 0.450 e. The molecule has 4 aromatic heterocycles. The van der Waals surface area contributed by atoms with E-state index in [4.69, 9.17) is 9.40 Å². The lowest BCUT2D eigenvalue weighted by molar-refractivity contribution is 0.662. The number of para-hydroxylation sites is 4. The SMILES string of the molecule is C.c1ccc(-n2c3ccccc3c3cc(-c4ccc5c(c4)c4ccccc4n5-c4ncnc5c4oc4ccccc45)ccc32)cc1. The number of nitrogens with zero attached hydrogens (tertiary/aromatic N) is 4. The molecule has 0 saturated heterocycles. The van der Waals surface area contributed by atoms with Crippen LogP contribution in [0.25, 0.3) is 88.3 Å². The number of benzene rings is 6. The quantitative estimate of drug-likeness (QED) is 0.205. The Balaban J connectivity index is 0.00000292. The van der Waals surface area contributed by atoms with E-state index in [2.05, 4.69) is 129 Å². The fourth-order valence-electron chi connectivity index (χ4n) is 7.06. The van der Waals surface area contributed by atoms with E-state index in [1.807, 2.05) is 24.3 Å². The number of furan rings is 1. The van der Waals surface area contributed by atoms with Gasteiger partial charge >= 0.3 is 0 Å². The van der Waals surface area contributed by atoms with Crippen molar-refractivity contribution in [2.45, 2.75) is 7.43 Å². The molecule has 0 atom stereocenters. The Bertz CT molecular complexity index is 2770. The third-order valence-electron chi connectivity index (χ3n) is 9.04. The first-order valence-electron chi connectivity index (χ1n) is 15.1. The minimum atomic E-state index is 0. The highest BCUT2D eigenvalue weighted by Crippen LogP contribution is 2.39. The molecule has 218 valence electrons. The Morgan fingerprint density at radius 3 is 1.70 bits per heavy atom. The van der Waals surface area contributed by atoms with Crippen molar-refractivity contribution in [2.24, 2.45) is 0 Å². The van der Waals surface area contributed by atoms with Gasteiger partial charge in [0.15, 0.2) is 11.4 Å². The zero-order chi connectivity index (χ0) is 29.5. The third-order valence-corrected chi connectivity index (χ3v) is 9.04. The molecular weight excluding hydrogens is 564 g/mol. The molecule has 5 heteroatoms. The fraction of sp³-hybridized carbons (Fsp3) is 0.0244. The molecule has 0 radical (unpaired) electrons. The van der Waals surface area contributed by atoms with Crippen LogP contribution in [0.4, 0.5) is 0 Å². The Labute approximate surface area is 264 Å². The molecule has 0 N–H and O–H groups in total. The topological polar surface area (TPSA) is 48.8 Å². The van der Waals surface area contributed by atoms with E-state index in [0.717, 1.165) is 44.4 Å². The second-order valence-corrected chi connectivity index (χ2v) is 11.5. The summed E-state index contributed by atoms with van der Waals surface area (Å²) in [4.78, 5) is 9.37. The molecule has 46 heavy (non-hydrogen) atoms. The van der Waals surface area contributed by atoms with Crippen molar-refractivity contribution < 1.29 is 4.42 Å². The smallest absolute Gasteiger partial charge is 0.197 e. The maximum absolute atomic E-state index is 6.36. The van der Waals surface area contributed by atoms with Crippen LogP contribution in [0.3, 0.4) is 0 Å². The number of rotatable bonds is 3. The van der Waals surface area contributed by atoms with Crippen LogP contribution in [0.1, 0.15) is 7.43 Å². The summed E-state index contributed by atoms with van der Waals surface area (Å²) in [5, 5.41) is 5.80. The highest BCUT2D eigenvalue weighted by atomic mass is 16.3. The van der Waals surface area contributed by atoms with Crippen LogP contribution < -0.4 is 0 Å². The first-order valence-corrected chi connectivity index (χ1v) is 15.1. The lowest BCUT2D eigenvalue weighted by Crippen LogP contribution is -1.98. The van der Waals surface area contributed by atoms with E-state index in [1.165, 1.54) is 38.3 Å². The molecule has 4 heterocycles. The second kappa shape index (κ2) is 9.91. The standard InChI is InChI=1S/C40H24N4O.CH4/c1-2-10-27(11-3-1)43-33-15-7-4-12-28(33)31-22-25(18-20-35(31)43)26-19-21-36-32(23-26)29-13-5-8-16-34(29)44(36)40-39-38(41-24-42-40)30-14-6-9-17-37(30)45-39;/h1-24H;1H4. The summed E-state index contributed by atoms with van der Waals surface area (Å²) in [6.07, 6.45) is 1.63. The maximum Gasteiger partial charge on any atom is 0.197 e. The second-order valence-electron chi connectivity index (χ2n) is 11.5. The van der Waals surface area contributed by atoms with Crippen LogP contribution in [0.2, 0.25) is 0 Å². The first-order chi connectivity index (χ1) is 22.3. The van der Waals surface area contributed by atoms with Crippen LogP contribution in [0.5, 0.6) is 0 Å². The van der Waals surface area contributed by atoms with E-state index in [9.17, 15) is 0 Å². The van der Waals surface area contributed by atoms with Crippen molar-refractivity contribution in [3.05, 3.63) is 146 Å². The van der Waals surface area contributed by atoms with Crippen LogP contribution >= 0.6 is 0 Å². The zero-order valence-corrected chi connectivity index (χ0v) is 24.1. The third kappa shape index (κ3) is 3.63. The van der Waals surface area contributed by atoms with Crippen molar-refractivity contribution in [3.63, 3.8) is 0 Å². The highest BCUT2D eigenvalue weighted by molar-refractivity contribution is 6.13. The average Bonchev–Trinajstić information content (AvgIpc) is 3.76. The lowest BCUT2D eigenvalue weighted by atomic mass is 10.0. The van der Waals surface area contributed by atoms with Crippen LogP contribution in [0.15, 0.2) is 150 Å². The first kappa shape index (κ1) is 26.2. The van der Waals surface area contributed by atoms with Gasteiger partial charge in [-0.2, -0.15) is 0 Å². The highest BCUT2D eigenvalue weighted by Gasteiger charge is 2.20. The van der Waals surface area contributed by atoms with Gasteiger partial charge in [0, 0.05) is 32.6 Å². The Morgan fingerprint density at radius 1 is 0.457 bits per heavy atom. The van der Waals surface area contributed by atoms with Gasteiger partial charge in [-0.25, -0.2) is 9.97 Å². The molecule has 0 fully saturated rings. The van der Waals surface area contributed by atoms with Crippen molar-refractivity contribution in [3.8, 4) is 22.6 Å². The zero-order valence-electron chi connectivity index (χ0n) is 24.1. The van der Waals surface area contributed by atoms with E-state index in [-0.39, 0.29) is 7.43 Å². The predicted octanol–water partition coefficient (Wildman–Crippen LogP) is 10.9. The van der Waals surface area contributed by atoms with Gasteiger partial charge < -0.3 is 8.98 Å². The lowest BCUT2D eigenvalue weighted by Gasteiger charge is -2.09. The molecule has 6 aromatic carbocycles. The summed E-state index contributed by atoms with van der Waals surface area (Å²) in [5.74, 6) is 0.741. The number of hydrogen-bond donors (Lipinski definition) is 0. The predicted molar refractivity (Wildman–Crippen MR) is 190 cm³/mol. The van der Waals surface area contributed by atoms with Gasteiger partial charge in [-0.15, -0.1) is 0 Å². The van der Waals surface area contributed by atoms with E-state index in [1.54, 1.807) is 6.33 Å². The van der Waals surface area contributed by atoms with Crippen molar-refractivity contribution >= 4 is 65.7 Å².